The summed E-state index contributed by atoms with van der Waals surface area (Å²) in [7, 11) is 0. The summed E-state index contributed by atoms with van der Waals surface area (Å²) in [5.41, 5.74) is 3.25. The fraction of sp³-hybridized carbons (Fsp3) is 0.200. The molecule has 1 nitrogen and oxygen atoms in total. The van der Waals surface area contributed by atoms with Crippen LogP contribution in [0.15, 0.2) is 36.4 Å². The fourth-order valence-corrected chi connectivity index (χ4v) is 1.85. The maximum atomic E-state index is 13.5. The van der Waals surface area contributed by atoms with Gasteiger partial charge in [-0.2, -0.15) is 0 Å². The third-order valence-electron chi connectivity index (χ3n) is 2.86. The van der Waals surface area contributed by atoms with Crippen LogP contribution >= 0.6 is 0 Å². The molecule has 1 N–H and O–H groups in total. The Morgan fingerprint density at radius 3 is 2.50 bits per heavy atom. The maximum Gasteiger partial charge on any atom is 0.128 e. The first-order valence-electron chi connectivity index (χ1n) is 5.81. The smallest absolute Gasteiger partial charge is 0.128 e. The van der Waals surface area contributed by atoms with E-state index in [1.54, 1.807) is 18.2 Å². The van der Waals surface area contributed by atoms with Crippen molar-refractivity contribution >= 4 is 5.69 Å². The van der Waals surface area contributed by atoms with Gasteiger partial charge in [-0.25, -0.2) is 8.78 Å². The van der Waals surface area contributed by atoms with E-state index in [1.807, 2.05) is 13.8 Å². The van der Waals surface area contributed by atoms with Crippen LogP contribution in [-0.4, -0.2) is 0 Å². The average molecular weight is 247 g/mol. The van der Waals surface area contributed by atoms with Gasteiger partial charge in [-0.3, -0.25) is 0 Å². The number of hydrogen-bond acceptors (Lipinski definition) is 1. The molecule has 0 saturated heterocycles. The highest BCUT2D eigenvalue weighted by Crippen LogP contribution is 2.18. The molecule has 0 saturated carbocycles. The Labute approximate surface area is 105 Å². The highest BCUT2D eigenvalue weighted by molar-refractivity contribution is 5.51. The SMILES string of the molecule is Cc1ccc(F)c(CNc2ccc(F)cc2C)c1. The van der Waals surface area contributed by atoms with Crippen molar-refractivity contribution in [1.29, 1.82) is 0 Å². The fourth-order valence-electron chi connectivity index (χ4n) is 1.85. The van der Waals surface area contributed by atoms with Crippen molar-refractivity contribution < 1.29 is 8.78 Å². The van der Waals surface area contributed by atoms with Crippen molar-refractivity contribution in [2.45, 2.75) is 20.4 Å². The third kappa shape index (κ3) is 2.86. The zero-order valence-electron chi connectivity index (χ0n) is 10.4. The van der Waals surface area contributed by atoms with Crippen LogP contribution in [0.2, 0.25) is 0 Å². The molecule has 0 aromatic heterocycles. The molecule has 0 aliphatic rings. The second-order valence-corrected chi connectivity index (χ2v) is 4.41. The van der Waals surface area contributed by atoms with Gasteiger partial charge >= 0.3 is 0 Å². The zero-order chi connectivity index (χ0) is 13.1. The lowest BCUT2D eigenvalue weighted by atomic mass is 10.1. The number of rotatable bonds is 3. The second kappa shape index (κ2) is 5.17. The Kier molecular flexibility index (Phi) is 3.60. The molecule has 0 radical (unpaired) electrons. The standard InChI is InChI=1S/C15H15F2N/c1-10-3-5-14(17)12(7-10)9-18-15-6-4-13(16)8-11(15)2/h3-8,18H,9H2,1-2H3. The van der Waals surface area contributed by atoms with Crippen molar-refractivity contribution in [3.05, 3.63) is 64.7 Å². The summed E-state index contributed by atoms with van der Waals surface area (Å²) in [4.78, 5) is 0. The Morgan fingerprint density at radius 1 is 1.00 bits per heavy atom. The van der Waals surface area contributed by atoms with E-state index >= 15 is 0 Å². The Hall–Kier alpha value is -1.90. The van der Waals surface area contributed by atoms with Crippen molar-refractivity contribution in [2.75, 3.05) is 5.32 Å². The van der Waals surface area contributed by atoms with Crippen LogP contribution in [0, 0.1) is 25.5 Å². The molecule has 2 aromatic carbocycles. The van der Waals surface area contributed by atoms with Crippen LogP contribution in [0.5, 0.6) is 0 Å². The van der Waals surface area contributed by atoms with E-state index < -0.39 is 0 Å². The third-order valence-corrected chi connectivity index (χ3v) is 2.86. The van der Waals surface area contributed by atoms with Crippen LogP contribution in [-0.2, 0) is 6.54 Å². The highest BCUT2D eigenvalue weighted by Gasteiger charge is 2.04. The lowest BCUT2D eigenvalue weighted by Gasteiger charge is -2.10. The van der Waals surface area contributed by atoms with Gasteiger partial charge in [0, 0.05) is 17.8 Å². The molecule has 2 aromatic rings. The molecule has 0 atom stereocenters. The molecular formula is C15H15F2N. The molecule has 0 unspecified atom stereocenters. The summed E-state index contributed by atoms with van der Waals surface area (Å²) >= 11 is 0. The molecule has 18 heavy (non-hydrogen) atoms. The minimum atomic E-state index is -0.264. The van der Waals surface area contributed by atoms with E-state index in [0.29, 0.717) is 12.1 Å². The summed E-state index contributed by atoms with van der Waals surface area (Å²) in [6, 6.07) is 9.52. The van der Waals surface area contributed by atoms with Crippen LogP contribution in [0.3, 0.4) is 0 Å². The van der Waals surface area contributed by atoms with Gasteiger partial charge in [0.05, 0.1) is 0 Å². The van der Waals surface area contributed by atoms with E-state index in [0.717, 1.165) is 16.8 Å². The first-order chi connectivity index (χ1) is 8.56. The van der Waals surface area contributed by atoms with Crippen LogP contribution in [0.1, 0.15) is 16.7 Å². The normalized spacial score (nSPS) is 10.4. The quantitative estimate of drug-likeness (QED) is 0.857. The Bertz CT molecular complexity index is 564. The molecule has 0 amide bonds. The monoisotopic (exact) mass is 247 g/mol. The van der Waals surface area contributed by atoms with Crippen molar-refractivity contribution in [3.63, 3.8) is 0 Å². The second-order valence-electron chi connectivity index (χ2n) is 4.41. The van der Waals surface area contributed by atoms with E-state index in [9.17, 15) is 8.78 Å². The van der Waals surface area contributed by atoms with Crippen LogP contribution in [0.4, 0.5) is 14.5 Å². The van der Waals surface area contributed by atoms with Gasteiger partial charge in [0.15, 0.2) is 0 Å². The summed E-state index contributed by atoms with van der Waals surface area (Å²) in [6.45, 7) is 4.13. The molecule has 0 aliphatic heterocycles. The number of aryl methyl sites for hydroxylation is 2. The number of nitrogens with one attached hydrogen (secondary N) is 1. The van der Waals surface area contributed by atoms with Crippen LogP contribution in [0.25, 0.3) is 0 Å². The zero-order valence-corrected chi connectivity index (χ0v) is 10.4. The molecule has 94 valence electrons. The van der Waals surface area contributed by atoms with E-state index in [2.05, 4.69) is 5.32 Å². The first kappa shape index (κ1) is 12.6. The molecule has 0 fully saturated rings. The largest absolute Gasteiger partial charge is 0.381 e. The van der Waals surface area contributed by atoms with E-state index in [1.165, 1.54) is 18.2 Å². The lowest BCUT2D eigenvalue weighted by molar-refractivity contribution is 0.612. The van der Waals surface area contributed by atoms with Gasteiger partial charge in [-0.15, -0.1) is 0 Å². The van der Waals surface area contributed by atoms with E-state index in [-0.39, 0.29) is 11.6 Å². The number of halogens is 2. The number of anilines is 1. The Morgan fingerprint density at radius 2 is 1.78 bits per heavy atom. The van der Waals surface area contributed by atoms with Gasteiger partial charge in [-0.05, 0) is 43.7 Å². The predicted molar refractivity (Wildman–Crippen MR) is 69.6 cm³/mol. The van der Waals surface area contributed by atoms with Gasteiger partial charge in [0.2, 0.25) is 0 Å². The predicted octanol–water partition coefficient (Wildman–Crippen LogP) is 4.19. The summed E-state index contributed by atoms with van der Waals surface area (Å²) < 4.78 is 26.5. The number of hydrogen-bond donors (Lipinski definition) is 1. The summed E-state index contributed by atoms with van der Waals surface area (Å²) in [5, 5.41) is 3.12. The molecule has 0 spiro atoms. The molecular weight excluding hydrogens is 232 g/mol. The van der Waals surface area contributed by atoms with Gasteiger partial charge in [-0.1, -0.05) is 17.7 Å². The van der Waals surface area contributed by atoms with Gasteiger partial charge < -0.3 is 5.32 Å². The lowest BCUT2D eigenvalue weighted by Crippen LogP contribution is -2.03. The Balaban J connectivity index is 2.13. The summed E-state index contributed by atoms with van der Waals surface area (Å²) in [5.74, 6) is -0.493. The van der Waals surface area contributed by atoms with Gasteiger partial charge in [0.1, 0.15) is 11.6 Å². The first-order valence-corrected chi connectivity index (χ1v) is 5.81. The molecule has 0 aliphatic carbocycles. The van der Waals surface area contributed by atoms with Crippen molar-refractivity contribution in [3.8, 4) is 0 Å². The van der Waals surface area contributed by atoms with Gasteiger partial charge in [0.25, 0.3) is 0 Å². The minimum absolute atomic E-state index is 0.229. The van der Waals surface area contributed by atoms with Crippen LogP contribution < -0.4 is 5.32 Å². The summed E-state index contributed by atoms with van der Waals surface area (Å²) in [6.07, 6.45) is 0. The highest BCUT2D eigenvalue weighted by atomic mass is 19.1. The minimum Gasteiger partial charge on any atom is -0.381 e. The topological polar surface area (TPSA) is 12.0 Å². The average Bonchev–Trinajstić information content (AvgIpc) is 2.32. The molecule has 0 bridgehead atoms. The molecule has 2 rings (SSSR count). The molecule has 3 heteroatoms. The van der Waals surface area contributed by atoms with E-state index in [4.69, 9.17) is 0 Å². The van der Waals surface area contributed by atoms with Crippen molar-refractivity contribution in [1.82, 2.24) is 0 Å². The number of benzene rings is 2. The van der Waals surface area contributed by atoms with Crippen molar-refractivity contribution in [2.24, 2.45) is 0 Å². The molecule has 0 heterocycles. The maximum absolute atomic E-state index is 13.5.